The van der Waals surface area contributed by atoms with Crippen LogP contribution in [0, 0.1) is 0 Å². The largest absolute Gasteiger partial charge is 0.355 e. The van der Waals surface area contributed by atoms with Gasteiger partial charge in [0.15, 0.2) is 0 Å². The van der Waals surface area contributed by atoms with Crippen LogP contribution >= 0.6 is 10.0 Å². The highest BCUT2D eigenvalue weighted by Crippen LogP contribution is 2.67. The zero-order valence-corrected chi connectivity index (χ0v) is 19.1. The van der Waals surface area contributed by atoms with Crippen molar-refractivity contribution in [3.8, 4) is 22.3 Å². The molecule has 0 unspecified atom stereocenters. The number of hydrogen-bond donors (Lipinski definition) is 1. The van der Waals surface area contributed by atoms with E-state index >= 15 is 0 Å². The van der Waals surface area contributed by atoms with Crippen LogP contribution < -0.4 is 5.32 Å². The Morgan fingerprint density at radius 1 is 0.500 bits per heavy atom. The molecule has 0 spiro atoms. The molecule has 0 bridgehead atoms. The van der Waals surface area contributed by atoms with E-state index < -0.39 is 10.0 Å². The van der Waals surface area contributed by atoms with Crippen LogP contribution in [0.2, 0.25) is 0 Å². The summed E-state index contributed by atoms with van der Waals surface area (Å²) < 4.78 is 0. The second-order valence-electron chi connectivity index (χ2n) is 8.80. The molecule has 0 radical (unpaired) electrons. The van der Waals surface area contributed by atoms with Gasteiger partial charge in [-0.15, -0.1) is 0 Å². The Balaban J connectivity index is 1.28. The van der Waals surface area contributed by atoms with Gasteiger partial charge in [-0.25, -0.2) is 0 Å². The molecule has 156 valence electrons. The van der Waals surface area contributed by atoms with Crippen molar-refractivity contribution in [1.29, 1.82) is 0 Å². The van der Waals surface area contributed by atoms with E-state index in [0.717, 1.165) is 11.4 Å². The van der Waals surface area contributed by atoms with Gasteiger partial charge in [-0.1, -0.05) is 72.8 Å². The van der Waals surface area contributed by atoms with Crippen molar-refractivity contribution >= 4 is 32.2 Å². The average Bonchev–Trinajstić information content (AvgIpc) is 3.06. The number of anilines is 2. The van der Waals surface area contributed by atoms with Crippen molar-refractivity contribution in [2.24, 2.45) is 0 Å². The van der Waals surface area contributed by atoms with E-state index in [1.54, 1.807) is 0 Å². The fourth-order valence-corrected chi connectivity index (χ4v) is 7.31. The first-order chi connectivity index (χ1) is 15.6. The lowest BCUT2D eigenvalue weighted by Gasteiger charge is -2.28. The molecule has 0 amide bonds. The molecule has 0 atom stereocenters. The Morgan fingerprint density at radius 3 is 2.00 bits per heavy atom. The highest BCUT2D eigenvalue weighted by molar-refractivity contribution is 8.33. The summed E-state index contributed by atoms with van der Waals surface area (Å²) in [5.41, 5.74) is 7.52. The minimum absolute atomic E-state index is 0.980. The molecule has 5 aromatic carbocycles. The van der Waals surface area contributed by atoms with Crippen molar-refractivity contribution in [3.05, 3.63) is 109 Å². The molecule has 1 aliphatic rings. The lowest BCUT2D eigenvalue weighted by Crippen LogP contribution is -1.95. The Kier molecular flexibility index (Phi) is 4.38. The number of benzene rings is 5. The predicted molar refractivity (Wildman–Crippen MR) is 141 cm³/mol. The average molecular weight is 432 g/mol. The van der Waals surface area contributed by atoms with Crippen LogP contribution in [0.4, 0.5) is 11.4 Å². The second kappa shape index (κ2) is 7.29. The zero-order valence-electron chi connectivity index (χ0n) is 18.3. The number of fused-ring (bicyclic) bond motifs is 4. The first-order valence-electron chi connectivity index (χ1n) is 10.9. The third kappa shape index (κ3) is 3.11. The molecule has 0 saturated heterocycles. The van der Waals surface area contributed by atoms with Gasteiger partial charge in [0, 0.05) is 21.2 Å². The molecule has 0 aromatic heterocycles. The van der Waals surface area contributed by atoms with Gasteiger partial charge in [-0.2, -0.15) is 10.0 Å². The fraction of sp³-hybridized carbons (Fsp3) is 0.0667. The summed E-state index contributed by atoms with van der Waals surface area (Å²) in [6.45, 7) is 0. The summed E-state index contributed by atoms with van der Waals surface area (Å²) in [5.74, 6) is 0. The van der Waals surface area contributed by atoms with Gasteiger partial charge in [0.25, 0.3) is 0 Å². The second-order valence-corrected chi connectivity index (χ2v) is 12.3. The molecular weight excluding hydrogens is 406 g/mol. The highest BCUT2D eigenvalue weighted by atomic mass is 32.3. The fourth-order valence-electron chi connectivity index (χ4n) is 4.78. The van der Waals surface area contributed by atoms with Gasteiger partial charge >= 0.3 is 0 Å². The van der Waals surface area contributed by atoms with Crippen molar-refractivity contribution in [3.63, 3.8) is 0 Å². The molecule has 1 N–H and O–H groups in total. The monoisotopic (exact) mass is 431 g/mol. The van der Waals surface area contributed by atoms with Crippen molar-refractivity contribution in [2.45, 2.75) is 9.79 Å². The smallest absolute Gasteiger partial charge is 0.0395 e. The first kappa shape index (κ1) is 19.2. The third-order valence-electron chi connectivity index (χ3n) is 6.51. The van der Waals surface area contributed by atoms with E-state index in [4.69, 9.17) is 0 Å². The molecule has 1 nitrogen and oxygen atoms in total. The lowest BCUT2D eigenvalue weighted by molar-refractivity contribution is 1.43. The number of nitrogens with one attached hydrogen (secondary N) is 1. The van der Waals surface area contributed by atoms with Crippen LogP contribution in [0.1, 0.15) is 0 Å². The van der Waals surface area contributed by atoms with Gasteiger partial charge in [-0.05, 0) is 81.9 Å². The van der Waals surface area contributed by atoms with E-state index in [1.165, 1.54) is 42.8 Å². The van der Waals surface area contributed by atoms with E-state index in [2.05, 4.69) is 127 Å². The summed E-state index contributed by atoms with van der Waals surface area (Å²) in [7, 11) is -0.980. The van der Waals surface area contributed by atoms with Gasteiger partial charge in [0.1, 0.15) is 0 Å². The van der Waals surface area contributed by atoms with Crippen molar-refractivity contribution < 1.29 is 0 Å². The Bertz CT molecular complexity index is 1460. The summed E-state index contributed by atoms with van der Waals surface area (Å²) in [5, 5.41) is 6.17. The van der Waals surface area contributed by atoms with Gasteiger partial charge in [0.05, 0.1) is 0 Å². The quantitative estimate of drug-likeness (QED) is 0.301. The summed E-state index contributed by atoms with van der Waals surface area (Å²) in [6, 6.07) is 39.6. The molecule has 1 heterocycles. The van der Waals surface area contributed by atoms with Crippen LogP contribution in [0.15, 0.2) is 119 Å². The molecule has 32 heavy (non-hydrogen) atoms. The third-order valence-corrected chi connectivity index (χ3v) is 9.41. The lowest BCUT2D eigenvalue weighted by atomic mass is 10.0. The first-order valence-corrected chi connectivity index (χ1v) is 13.4. The maximum atomic E-state index is 3.62. The predicted octanol–water partition coefficient (Wildman–Crippen LogP) is 8.71. The van der Waals surface area contributed by atoms with E-state index in [9.17, 15) is 0 Å². The SMILES string of the molecule is CS1(C)c2ccccc2-c2ccc(Nc3ccc(-c4ccc5ccccc5c4)cc3)cc21. The molecule has 5 aromatic rings. The molecule has 0 fully saturated rings. The van der Waals surface area contributed by atoms with Crippen molar-refractivity contribution in [1.82, 2.24) is 0 Å². The minimum atomic E-state index is -0.980. The number of hydrogen-bond acceptors (Lipinski definition) is 1. The van der Waals surface area contributed by atoms with Crippen molar-refractivity contribution in [2.75, 3.05) is 17.8 Å². The number of rotatable bonds is 3. The Hall–Kier alpha value is -3.49. The summed E-state index contributed by atoms with van der Waals surface area (Å²) in [4.78, 5) is 2.96. The maximum Gasteiger partial charge on any atom is 0.0395 e. The highest BCUT2D eigenvalue weighted by Gasteiger charge is 2.31. The van der Waals surface area contributed by atoms with Gasteiger partial charge in [-0.3, -0.25) is 0 Å². The van der Waals surface area contributed by atoms with Crippen LogP contribution in [0.3, 0.4) is 0 Å². The van der Waals surface area contributed by atoms with Crippen LogP contribution in [0.25, 0.3) is 33.0 Å². The molecule has 2 heteroatoms. The summed E-state index contributed by atoms with van der Waals surface area (Å²) in [6.07, 6.45) is 4.81. The minimum Gasteiger partial charge on any atom is -0.355 e. The van der Waals surface area contributed by atoms with Crippen LogP contribution in [-0.4, -0.2) is 12.5 Å². The van der Waals surface area contributed by atoms with Gasteiger partial charge < -0.3 is 5.32 Å². The normalized spacial score (nSPS) is 14.6. The molecule has 6 rings (SSSR count). The molecular formula is C30H25NS. The van der Waals surface area contributed by atoms with Gasteiger partial charge in [0.2, 0.25) is 0 Å². The Labute approximate surface area is 191 Å². The van der Waals surface area contributed by atoms with Crippen LogP contribution in [-0.2, 0) is 0 Å². The molecule has 0 aliphatic carbocycles. The maximum absolute atomic E-state index is 3.62. The van der Waals surface area contributed by atoms with E-state index in [0.29, 0.717) is 0 Å². The topological polar surface area (TPSA) is 12.0 Å². The van der Waals surface area contributed by atoms with Crippen LogP contribution in [0.5, 0.6) is 0 Å². The molecule has 1 aliphatic heterocycles. The molecule has 0 saturated carbocycles. The Morgan fingerprint density at radius 2 is 1.16 bits per heavy atom. The standard InChI is InChI=1S/C30H25NS/c1-32(2)29-10-6-5-9-27(29)28-18-17-26(20-30(28)32)31-25-15-13-22(14-16-25)24-12-11-21-7-3-4-8-23(21)19-24/h3-20,31H,1-2H3. The summed E-state index contributed by atoms with van der Waals surface area (Å²) >= 11 is 0. The zero-order chi connectivity index (χ0) is 21.7. The van der Waals surface area contributed by atoms with E-state index in [1.807, 2.05) is 0 Å². The van der Waals surface area contributed by atoms with E-state index in [-0.39, 0.29) is 0 Å².